The largest absolute Gasteiger partial charge is 0.489 e. The van der Waals surface area contributed by atoms with Crippen molar-refractivity contribution >= 4 is 10.5 Å². The van der Waals surface area contributed by atoms with Crippen molar-refractivity contribution in [2.75, 3.05) is 0 Å². The molecule has 0 fully saturated rings. The fourth-order valence-electron chi connectivity index (χ4n) is 2.16. The van der Waals surface area contributed by atoms with Crippen LogP contribution in [-0.4, -0.2) is 23.2 Å². The van der Waals surface area contributed by atoms with Crippen LogP contribution >= 0.6 is 0 Å². The summed E-state index contributed by atoms with van der Waals surface area (Å²) in [5.41, 5.74) is 1.79. The topological polar surface area (TPSA) is 107 Å². The van der Waals surface area contributed by atoms with Crippen LogP contribution in [0.2, 0.25) is 0 Å². The van der Waals surface area contributed by atoms with Crippen LogP contribution in [0.4, 0.5) is 3.89 Å². The minimum Gasteiger partial charge on any atom is -0.489 e. The van der Waals surface area contributed by atoms with Crippen LogP contribution in [0.5, 0.6) is 11.5 Å². The zero-order valence-electron chi connectivity index (χ0n) is 13.1. The zero-order valence-corrected chi connectivity index (χ0v) is 13.9. The molecule has 10 heteroatoms. The molecule has 0 aliphatic rings. The molecule has 1 aromatic heterocycles. The molecule has 0 atom stereocenters. The second kappa shape index (κ2) is 7.20. The normalized spacial score (nSPS) is 10.9. The lowest BCUT2D eigenvalue weighted by molar-refractivity contribution is 0.305. The molecule has 0 N–H and O–H groups in total. The Morgan fingerprint density at radius 1 is 1.15 bits per heavy atom. The summed E-state index contributed by atoms with van der Waals surface area (Å²) in [5, 5.41) is 13.3. The van der Waals surface area contributed by atoms with E-state index in [9.17, 15) is 17.6 Å². The third-order valence-corrected chi connectivity index (χ3v) is 3.70. The molecule has 3 aromatic rings. The smallest absolute Gasteiger partial charge is 0.488 e. The van der Waals surface area contributed by atoms with Crippen LogP contribution in [0.1, 0.15) is 11.1 Å². The fraction of sp³-hybridized carbons (Fsp3) is 0.0625. The SMILES string of the molecule is N#Cc1ccc(-n2cncn2)cc1COc1ccc(OS(=O)(=O)F)cc1. The number of ether oxygens (including phenoxy) is 1. The Morgan fingerprint density at radius 3 is 2.50 bits per heavy atom. The van der Waals surface area contributed by atoms with E-state index in [0.717, 1.165) is 5.69 Å². The summed E-state index contributed by atoms with van der Waals surface area (Å²) < 4.78 is 44.6. The first kappa shape index (κ1) is 17.4. The highest BCUT2D eigenvalue weighted by atomic mass is 32.3. The van der Waals surface area contributed by atoms with Crippen LogP contribution < -0.4 is 8.92 Å². The standard InChI is InChI=1S/C16H11FN4O4S/c17-26(22,23)25-16-5-3-15(4-6-16)24-9-13-7-14(2-1-12(13)8-18)21-11-19-10-20-21/h1-7,10-11H,9H2. The van der Waals surface area contributed by atoms with Crippen LogP contribution in [0.3, 0.4) is 0 Å². The van der Waals surface area contributed by atoms with E-state index >= 15 is 0 Å². The predicted molar refractivity (Wildman–Crippen MR) is 87.5 cm³/mol. The van der Waals surface area contributed by atoms with Gasteiger partial charge in [-0.2, -0.15) is 18.8 Å². The van der Waals surface area contributed by atoms with E-state index in [4.69, 9.17) is 4.74 Å². The summed E-state index contributed by atoms with van der Waals surface area (Å²) in [6, 6.07) is 12.6. The maximum Gasteiger partial charge on any atom is 0.488 e. The van der Waals surface area contributed by atoms with Gasteiger partial charge in [0.25, 0.3) is 0 Å². The highest BCUT2D eigenvalue weighted by Gasteiger charge is 2.10. The first-order valence-corrected chi connectivity index (χ1v) is 8.50. The Balaban J connectivity index is 1.75. The molecule has 8 nitrogen and oxygen atoms in total. The molecule has 0 aliphatic carbocycles. The van der Waals surface area contributed by atoms with Crippen molar-refractivity contribution in [3.63, 3.8) is 0 Å². The lowest BCUT2D eigenvalue weighted by Crippen LogP contribution is -2.03. The Morgan fingerprint density at radius 2 is 1.88 bits per heavy atom. The van der Waals surface area contributed by atoms with Crippen molar-refractivity contribution in [1.82, 2.24) is 14.8 Å². The molecular weight excluding hydrogens is 363 g/mol. The van der Waals surface area contributed by atoms with Gasteiger partial charge < -0.3 is 8.92 Å². The monoisotopic (exact) mass is 374 g/mol. The van der Waals surface area contributed by atoms with E-state index in [1.54, 1.807) is 22.9 Å². The minimum absolute atomic E-state index is 0.0903. The van der Waals surface area contributed by atoms with E-state index in [1.165, 1.54) is 36.9 Å². The van der Waals surface area contributed by atoms with Crippen LogP contribution in [0.25, 0.3) is 5.69 Å². The summed E-state index contributed by atoms with van der Waals surface area (Å²) >= 11 is 0. The lowest BCUT2D eigenvalue weighted by atomic mass is 10.1. The Labute approximate surface area is 148 Å². The fourth-order valence-corrected chi connectivity index (χ4v) is 2.50. The average molecular weight is 374 g/mol. The Bertz CT molecular complexity index is 1040. The Hall–Kier alpha value is -3.45. The zero-order chi connectivity index (χ0) is 18.6. The van der Waals surface area contributed by atoms with Gasteiger partial charge in [0, 0.05) is 5.56 Å². The molecule has 132 valence electrons. The van der Waals surface area contributed by atoms with Gasteiger partial charge in [0.2, 0.25) is 0 Å². The highest BCUT2D eigenvalue weighted by molar-refractivity contribution is 7.81. The number of hydrogen-bond donors (Lipinski definition) is 0. The van der Waals surface area contributed by atoms with E-state index in [1.807, 2.05) is 0 Å². The van der Waals surface area contributed by atoms with Crippen molar-refractivity contribution in [2.45, 2.75) is 6.61 Å². The molecule has 0 spiro atoms. The van der Waals surface area contributed by atoms with E-state index in [-0.39, 0.29) is 12.4 Å². The summed E-state index contributed by atoms with van der Waals surface area (Å²) in [7, 11) is -5.07. The van der Waals surface area contributed by atoms with Gasteiger partial charge in [0.15, 0.2) is 0 Å². The number of halogens is 1. The molecule has 0 unspecified atom stereocenters. The summed E-state index contributed by atoms with van der Waals surface area (Å²) in [6.07, 6.45) is 2.93. The van der Waals surface area contributed by atoms with Gasteiger partial charge >= 0.3 is 10.5 Å². The summed E-state index contributed by atoms with van der Waals surface area (Å²) in [4.78, 5) is 3.87. The molecule has 0 amide bonds. The summed E-state index contributed by atoms with van der Waals surface area (Å²) in [5.74, 6) is 0.217. The van der Waals surface area contributed by atoms with Gasteiger partial charge in [-0.1, -0.05) is 3.89 Å². The molecular formula is C16H11FN4O4S. The summed E-state index contributed by atoms with van der Waals surface area (Å²) in [6.45, 7) is 0.0903. The molecule has 0 saturated carbocycles. The molecule has 0 saturated heterocycles. The first-order chi connectivity index (χ1) is 12.4. The second-order valence-electron chi connectivity index (χ2n) is 5.03. The van der Waals surface area contributed by atoms with Crippen LogP contribution in [0, 0.1) is 11.3 Å². The number of hydrogen-bond acceptors (Lipinski definition) is 7. The quantitative estimate of drug-likeness (QED) is 0.609. The van der Waals surface area contributed by atoms with Gasteiger partial charge in [-0.15, -0.1) is 0 Å². The molecule has 26 heavy (non-hydrogen) atoms. The molecule has 0 radical (unpaired) electrons. The lowest BCUT2D eigenvalue weighted by Gasteiger charge is -2.10. The maximum atomic E-state index is 12.5. The van der Waals surface area contributed by atoms with Crippen molar-refractivity contribution < 1.29 is 21.2 Å². The van der Waals surface area contributed by atoms with Gasteiger partial charge in [-0.3, -0.25) is 0 Å². The minimum atomic E-state index is -5.07. The van der Waals surface area contributed by atoms with Gasteiger partial charge in [0.1, 0.15) is 30.8 Å². The number of nitriles is 1. The van der Waals surface area contributed by atoms with Crippen LogP contribution in [0.15, 0.2) is 55.1 Å². The van der Waals surface area contributed by atoms with Crippen LogP contribution in [-0.2, 0) is 17.1 Å². The number of nitrogens with zero attached hydrogens (tertiary/aromatic N) is 4. The Kier molecular flexibility index (Phi) is 4.81. The van der Waals surface area contributed by atoms with Crippen molar-refractivity contribution in [3.8, 4) is 23.3 Å². The van der Waals surface area contributed by atoms with E-state index in [0.29, 0.717) is 16.9 Å². The highest BCUT2D eigenvalue weighted by Crippen LogP contribution is 2.21. The van der Waals surface area contributed by atoms with Gasteiger partial charge in [-0.05, 0) is 42.5 Å². The van der Waals surface area contributed by atoms with Gasteiger partial charge in [-0.25, -0.2) is 9.67 Å². The number of rotatable bonds is 6. The number of aromatic nitrogens is 3. The first-order valence-electron chi connectivity index (χ1n) is 7.19. The predicted octanol–water partition coefficient (Wildman–Crippen LogP) is 2.31. The van der Waals surface area contributed by atoms with Crippen molar-refractivity contribution in [3.05, 3.63) is 66.2 Å². The van der Waals surface area contributed by atoms with E-state index in [2.05, 4.69) is 20.3 Å². The average Bonchev–Trinajstić information content (AvgIpc) is 3.14. The molecule has 2 aromatic carbocycles. The number of benzene rings is 2. The molecule has 0 aliphatic heterocycles. The third kappa shape index (κ3) is 4.34. The van der Waals surface area contributed by atoms with Gasteiger partial charge in [0.05, 0.1) is 17.3 Å². The van der Waals surface area contributed by atoms with Crippen molar-refractivity contribution in [2.24, 2.45) is 0 Å². The van der Waals surface area contributed by atoms with Crippen molar-refractivity contribution in [1.29, 1.82) is 5.26 Å². The second-order valence-corrected chi connectivity index (χ2v) is 5.98. The maximum absolute atomic E-state index is 12.5. The molecule has 3 rings (SSSR count). The van der Waals surface area contributed by atoms with E-state index < -0.39 is 10.5 Å². The third-order valence-electron chi connectivity index (χ3n) is 3.31. The molecule has 1 heterocycles. The molecule has 0 bridgehead atoms.